The van der Waals surface area contributed by atoms with Crippen LogP contribution in [0.1, 0.15) is 16.7 Å². The lowest BCUT2D eigenvalue weighted by Gasteiger charge is -2.09. The van der Waals surface area contributed by atoms with Crippen molar-refractivity contribution in [2.45, 2.75) is 6.61 Å². The molecule has 0 fully saturated rings. The maximum Gasteiger partial charge on any atom is 0.368 e. The average Bonchev–Trinajstić information content (AvgIpc) is 3.09. The number of benzene rings is 3. The van der Waals surface area contributed by atoms with Crippen molar-refractivity contribution in [1.29, 1.82) is 0 Å². The second-order valence-corrected chi connectivity index (χ2v) is 6.72. The molecule has 0 atom stereocenters. The number of oxime groups is 1. The topological polar surface area (TPSA) is 47.9 Å². The summed E-state index contributed by atoms with van der Waals surface area (Å²) in [6.07, 6.45) is 1.66. The molecular weight excluding hydrogens is 393 g/mol. The van der Waals surface area contributed by atoms with Crippen molar-refractivity contribution < 1.29 is 18.8 Å². The molecule has 0 saturated carbocycles. The number of nitrogens with zero attached hydrogens (tertiary/aromatic N) is 1. The summed E-state index contributed by atoms with van der Waals surface area (Å²) >= 11 is 6.32. The second-order valence-electron chi connectivity index (χ2n) is 6.31. The molecule has 0 spiro atoms. The standard InChI is InChI=1S/C23H15ClFNO3/c24-19-13-15(10-11-21(19)28-14-17-8-4-5-9-20(17)25)12-18-22(26-29-23(18)27)16-6-2-1-3-7-16/h1-13H,14H2/b18-12-. The Bertz CT molecular complexity index is 1130. The summed E-state index contributed by atoms with van der Waals surface area (Å²) < 4.78 is 19.4. The first kappa shape index (κ1) is 18.9. The molecular formula is C23H15ClFNO3. The zero-order valence-corrected chi connectivity index (χ0v) is 15.9. The van der Waals surface area contributed by atoms with Crippen LogP contribution < -0.4 is 4.74 Å². The maximum absolute atomic E-state index is 13.7. The smallest absolute Gasteiger partial charge is 0.368 e. The monoisotopic (exact) mass is 407 g/mol. The van der Waals surface area contributed by atoms with Gasteiger partial charge < -0.3 is 9.57 Å². The van der Waals surface area contributed by atoms with Crippen LogP contribution in [0.3, 0.4) is 0 Å². The third-order valence-corrected chi connectivity index (χ3v) is 4.65. The van der Waals surface area contributed by atoms with E-state index in [0.29, 0.717) is 33.2 Å². The molecule has 29 heavy (non-hydrogen) atoms. The number of carbonyl (C=O) groups excluding carboxylic acids is 1. The van der Waals surface area contributed by atoms with Gasteiger partial charge in [0.25, 0.3) is 0 Å². The Morgan fingerprint density at radius 2 is 1.79 bits per heavy atom. The Morgan fingerprint density at radius 3 is 2.55 bits per heavy atom. The van der Waals surface area contributed by atoms with Crippen molar-refractivity contribution in [2.24, 2.45) is 5.16 Å². The highest BCUT2D eigenvalue weighted by atomic mass is 35.5. The van der Waals surface area contributed by atoms with Gasteiger partial charge in [0.1, 0.15) is 23.9 Å². The fourth-order valence-electron chi connectivity index (χ4n) is 2.88. The molecule has 1 aliphatic rings. The number of hydrogen-bond acceptors (Lipinski definition) is 4. The van der Waals surface area contributed by atoms with Crippen molar-refractivity contribution in [3.8, 4) is 5.75 Å². The molecule has 0 aromatic heterocycles. The highest BCUT2D eigenvalue weighted by Gasteiger charge is 2.26. The summed E-state index contributed by atoms with van der Waals surface area (Å²) in [5.74, 6) is -0.444. The first-order valence-corrected chi connectivity index (χ1v) is 9.22. The zero-order chi connectivity index (χ0) is 20.2. The Hall–Kier alpha value is -3.44. The molecule has 0 bridgehead atoms. The number of ether oxygens (including phenoxy) is 1. The van der Waals surface area contributed by atoms with Crippen LogP contribution in [-0.2, 0) is 16.2 Å². The van der Waals surface area contributed by atoms with Crippen LogP contribution in [0, 0.1) is 5.82 Å². The van der Waals surface area contributed by atoms with Crippen LogP contribution in [-0.4, -0.2) is 11.7 Å². The third-order valence-electron chi connectivity index (χ3n) is 4.35. The lowest BCUT2D eigenvalue weighted by molar-refractivity contribution is -0.136. The van der Waals surface area contributed by atoms with Crippen molar-refractivity contribution in [2.75, 3.05) is 0 Å². The zero-order valence-electron chi connectivity index (χ0n) is 15.1. The van der Waals surface area contributed by atoms with Crippen LogP contribution in [0.2, 0.25) is 5.02 Å². The fourth-order valence-corrected chi connectivity index (χ4v) is 3.12. The summed E-state index contributed by atoms with van der Waals surface area (Å²) in [6.45, 7) is 0.0595. The summed E-state index contributed by atoms with van der Waals surface area (Å²) in [5.41, 5.74) is 2.71. The highest BCUT2D eigenvalue weighted by molar-refractivity contribution is 6.33. The van der Waals surface area contributed by atoms with E-state index in [-0.39, 0.29) is 12.4 Å². The van der Waals surface area contributed by atoms with Crippen LogP contribution in [0.25, 0.3) is 6.08 Å². The maximum atomic E-state index is 13.7. The largest absolute Gasteiger partial charge is 0.487 e. The van der Waals surface area contributed by atoms with E-state index in [0.717, 1.165) is 5.56 Å². The van der Waals surface area contributed by atoms with Crippen LogP contribution >= 0.6 is 11.6 Å². The SMILES string of the molecule is O=C1ON=C(c2ccccc2)/C1=C/c1ccc(OCc2ccccc2F)c(Cl)c1. The average molecular weight is 408 g/mol. The fraction of sp³-hybridized carbons (Fsp3) is 0.0435. The number of halogens is 2. The Balaban J connectivity index is 1.55. The van der Waals surface area contributed by atoms with E-state index in [1.807, 2.05) is 30.3 Å². The van der Waals surface area contributed by atoms with E-state index in [9.17, 15) is 9.18 Å². The molecule has 0 saturated heterocycles. The van der Waals surface area contributed by atoms with Gasteiger partial charge in [-0.1, -0.05) is 71.4 Å². The second kappa shape index (κ2) is 8.29. The molecule has 4 nitrogen and oxygen atoms in total. The van der Waals surface area contributed by atoms with E-state index in [4.69, 9.17) is 21.2 Å². The Kier molecular flexibility index (Phi) is 5.40. The van der Waals surface area contributed by atoms with Crippen LogP contribution in [0.4, 0.5) is 4.39 Å². The van der Waals surface area contributed by atoms with Gasteiger partial charge in [-0.25, -0.2) is 9.18 Å². The normalized spacial score (nSPS) is 14.6. The molecule has 4 rings (SSSR count). The van der Waals surface area contributed by atoms with Gasteiger partial charge >= 0.3 is 5.97 Å². The molecule has 3 aromatic rings. The molecule has 0 N–H and O–H groups in total. The van der Waals surface area contributed by atoms with Gasteiger partial charge in [-0.15, -0.1) is 0 Å². The number of carbonyl (C=O) groups is 1. The quantitative estimate of drug-likeness (QED) is 0.420. The number of hydrogen-bond donors (Lipinski definition) is 0. The molecule has 0 radical (unpaired) electrons. The predicted molar refractivity (Wildman–Crippen MR) is 109 cm³/mol. The van der Waals surface area contributed by atoms with Gasteiger partial charge in [-0.05, 0) is 29.8 Å². The van der Waals surface area contributed by atoms with Crippen molar-refractivity contribution in [3.05, 3.63) is 106 Å². The minimum absolute atomic E-state index is 0.0595. The van der Waals surface area contributed by atoms with Crippen molar-refractivity contribution >= 4 is 29.4 Å². The lowest BCUT2D eigenvalue weighted by Crippen LogP contribution is -2.06. The Labute approximate surface area is 171 Å². The van der Waals surface area contributed by atoms with Gasteiger partial charge in [0.15, 0.2) is 0 Å². The number of rotatable bonds is 5. The summed E-state index contributed by atoms with van der Waals surface area (Å²) in [6, 6.07) is 20.8. The van der Waals surface area contributed by atoms with E-state index in [1.54, 1.807) is 42.5 Å². The lowest BCUT2D eigenvalue weighted by atomic mass is 10.0. The molecule has 3 aromatic carbocycles. The molecule has 144 valence electrons. The highest BCUT2D eigenvalue weighted by Crippen LogP contribution is 2.29. The third kappa shape index (κ3) is 4.20. The molecule has 0 unspecified atom stereocenters. The molecule has 0 amide bonds. The molecule has 1 heterocycles. The summed E-state index contributed by atoms with van der Waals surface area (Å²) in [5, 5.41) is 4.23. The first-order chi connectivity index (χ1) is 14.1. The van der Waals surface area contributed by atoms with Crippen LogP contribution in [0.15, 0.2) is 83.5 Å². The molecule has 1 aliphatic heterocycles. The van der Waals surface area contributed by atoms with Gasteiger partial charge in [0.2, 0.25) is 0 Å². The first-order valence-electron chi connectivity index (χ1n) is 8.84. The summed E-state index contributed by atoms with van der Waals surface area (Å²) in [7, 11) is 0. The van der Waals surface area contributed by atoms with E-state index < -0.39 is 5.97 Å². The minimum Gasteiger partial charge on any atom is -0.487 e. The van der Waals surface area contributed by atoms with Crippen LogP contribution in [0.5, 0.6) is 5.75 Å². The molecule has 0 aliphatic carbocycles. The summed E-state index contributed by atoms with van der Waals surface area (Å²) in [4.78, 5) is 17.0. The van der Waals surface area contributed by atoms with Gasteiger partial charge in [0.05, 0.1) is 10.6 Å². The van der Waals surface area contributed by atoms with Crippen molar-refractivity contribution in [1.82, 2.24) is 0 Å². The minimum atomic E-state index is -0.528. The predicted octanol–water partition coefficient (Wildman–Crippen LogP) is 5.40. The van der Waals surface area contributed by atoms with Gasteiger partial charge in [-0.3, -0.25) is 0 Å². The molecule has 6 heteroatoms. The Morgan fingerprint density at radius 1 is 1.03 bits per heavy atom. The van der Waals surface area contributed by atoms with E-state index in [1.165, 1.54) is 6.07 Å². The van der Waals surface area contributed by atoms with E-state index in [2.05, 4.69) is 5.16 Å². The van der Waals surface area contributed by atoms with Crippen molar-refractivity contribution in [3.63, 3.8) is 0 Å². The van der Waals surface area contributed by atoms with Gasteiger partial charge in [-0.2, -0.15) is 0 Å². The van der Waals surface area contributed by atoms with E-state index >= 15 is 0 Å². The van der Waals surface area contributed by atoms with Gasteiger partial charge in [0, 0.05) is 11.1 Å².